The molecule has 2 aliphatic rings. The number of carbonyl (C=O) groups excluding carboxylic acids is 4. The quantitative estimate of drug-likeness (QED) is 0.662. The van der Waals surface area contributed by atoms with Gasteiger partial charge in [0.1, 0.15) is 0 Å². The normalized spacial score (nSPS) is 15.8. The summed E-state index contributed by atoms with van der Waals surface area (Å²) in [7, 11) is 0. The van der Waals surface area contributed by atoms with Crippen molar-refractivity contribution in [1.29, 1.82) is 0 Å². The maximum absolute atomic E-state index is 12.5. The van der Waals surface area contributed by atoms with Crippen LogP contribution in [0.4, 0.5) is 5.69 Å². The molecule has 0 unspecified atom stereocenters. The van der Waals surface area contributed by atoms with Crippen molar-refractivity contribution in [2.45, 2.75) is 12.8 Å². The number of imide groups is 1. The van der Waals surface area contributed by atoms with Crippen molar-refractivity contribution in [1.82, 2.24) is 9.96 Å². The lowest BCUT2D eigenvalue weighted by Crippen LogP contribution is -2.48. The number of amides is 3. The molecule has 0 spiro atoms. The number of hydrogen-bond donors (Lipinski definition) is 0. The van der Waals surface area contributed by atoms with Gasteiger partial charge in [0.25, 0.3) is 11.8 Å². The third kappa shape index (κ3) is 4.39. The van der Waals surface area contributed by atoms with E-state index in [9.17, 15) is 19.2 Å². The smallest absolute Gasteiger partial charge is 0.333 e. The largest absolute Gasteiger partial charge is 0.368 e. The lowest BCUT2D eigenvalue weighted by molar-refractivity contribution is -0.169. The van der Waals surface area contributed by atoms with Gasteiger partial charge in [-0.15, -0.1) is 0 Å². The first-order valence-electron chi connectivity index (χ1n) is 9.91. The van der Waals surface area contributed by atoms with Gasteiger partial charge in [0, 0.05) is 43.3 Å². The van der Waals surface area contributed by atoms with Crippen LogP contribution in [0.3, 0.4) is 0 Å². The van der Waals surface area contributed by atoms with Crippen molar-refractivity contribution < 1.29 is 24.0 Å². The zero-order valence-electron chi connectivity index (χ0n) is 16.6. The van der Waals surface area contributed by atoms with Crippen molar-refractivity contribution in [2.24, 2.45) is 0 Å². The summed E-state index contributed by atoms with van der Waals surface area (Å²) in [5, 5.41) is 1.13. The fourth-order valence-corrected chi connectivity index (χ4v) is 3.76. The molecule has 2 heterocycles. The standard InChI is InChI=1S/C22H20ClN3O5/c23-15-5-7-16(8-6-15)24-11-13-25(14-12-24)19(27)9-10-20(28)31-26-21(29)17-3-1-2-4-18(17)22(26)30/h1-8H,9-14H2. The first-order valence-corrected chi connectivity index (χ1v) is 10.3. The molecule has 4 rings (SSSR count). The highest BCUT2D eigenvalue weighted by Gasteiger charge is 2.38. The fraction of sp³-hybridized carbons (Fsp3) is 0.273. The van der Waals surface area contributed by atoms with Crippen LogP contribution in [0.5, 0.6) is 0 Å². The van der Waals surface area contributed by atoms with Crippen molar-refractivity contribution in [2.75, 3.05) is 31.1 Å². The Bertz CT molecular complexity index is 997. The van der Waals surface area contributed by atoms with E-state index in [0.29, 0.717) is 36.3 Å². The first kappa shape index (κ1) is 20.9. The molecule has 8 nitrogen and oxygen atoms in total. The van der Waals surface area contributed by atoms with Crippen molar-refractivity contribution in [3.8, 4) is 0 Å². The topological polar surface area (TPSA) is 87.2 Å². The van der Waals surface area contributed by atoms with E-state index in [0.717, 1.165) is 5.69 Å². The fourth-order valence-electron chi connectivity index (χ4n) is 3.63. The number of benzene rings is 2. The van der Waals surface area contributed by atoms with Crippen LogP contribution >= 0.6 is 11.6 Å². The average molecular weight is 442 g/mol. The van der Waals surface area contributed by atoms with Gasteiger partial charge in [-0.25, -0.2) is 4.79 Å². The Balaban J connectivity index is 1.24. The predicted octanol–water partition coefficient (Wildman–Crippen LogP) is 2.52. The summed E-state index contributed by atoms with van der Waals surface area (Å²) in [6, 6.07) is 13.8. The second-order valence-corrected chi connectivity index (χ2v) is 7.69. The molecule has 0 bridgehead atoms. The maximum Gasteiger partial charge on any atom is 0.333 e. The molecule has 0 aromatic heterocycles. The number of piperazine rings is 1. The number of fused-ring (bicyclic) bond motifs is 1. The summed E-state index contributed by atoms with van der Waals surface area (Å²) in [5.74, 6) is -2.34. The molecule has 2 aliphatic heterocycles. The summed E-state index contributed by atoms with van der Waals surface area (Å²) >= 11 is 5.92. The molecule has 31 heavy (non-hydrogen) atoms. The van der Waals surface area contributed by atoms with Gasteiger partial charge in [-0.05, 0) is 36.4 Å². The minimum absolute atomic E-state index is 0.0526. The molecule has 0 N–H and O–H groups in total. The van der Waals surface area contributed by atoms with Crippen LogP contribution in [0, 0.1) is 0 Å². The number of hydrogen-bond acceptors (Lipinski definition) is 6. The highest BCUT2D eigenvalue weighted by atomic mass is 35.5. The van der Waals surface area contributed by atoms with Gasteiger partial charge in [0.2, 0.25) is 5.91 Å². The number of hydroxylamine groups is 2. The number of nitrogens with zero attached hydrogens (tertiary/aromatic N) is 3. The highest BCUT2D eigenvalue weighted by molar-refractivity contribution is 6.30. The van der Waals surface area contributed by atoms with E-state index in [1.165, 1.54) is 12.1 Å². The average Bonchev–Trinajstić information content (AvgIpc) is 3.03. The van der Waals surface area contributed by atoms with E-state index in [1.807, 2.05) is 24.3 Å². The van der Waals surface area contributed by atoms with Gasteiger partial charge in [0.05, 0.1) is 17.5 Å². The summed E-state index contributed by atoms with van der Waals surface area (Å²) in [4.78, 5) is 57.9. The molecule has 3 amide bonds. The molecule has 2 aromatic carbocycles. The molecule has 0 aliphatic carbocycles. The van der Waals surface area contributed by atoms with Crippen LogP contribution in [-0.4, -0.2) is 59.8 Å². The lowest BCUT2D eigenvalue weighted by Gasteiger charge is -2.36. The van der Waals surface area contributed by atoms with Crippen LogP contribution in [-0.2, 0) is 14.4 Å². The Labute approximate surface area is 183 Å². The molecule has 0 radical (unpaired) electrons. The minimum atomic E-state index is -0.803. The lowest BCUT2D eigenvalue weighted by atomic mass is 10.1. The van der Waals surface area contributed by atoms with Crippen molar-refractivity contribution in [3.63, 3.8) is 0 Å². The van der Waals surface area contributed by atoms with Crippen LogP contribution in [0.15, 0.2) is 48.5 Å². The highest BCUT2D eigenvalue weighted by Crippen LogP contribution is 2.23. The van der Waals surface area contributed by atoms with Gasteiger partial charge in [-0.1, -0.05) is 28.8 Å². The third-order valence-corrected chi connectivity index (χ3v) is 5.57. The van der Waals surface area contributed by atoms with E-state index in [4.69, 9.17) is 16.4 Å². The molecular weight excluding hydrogens is 422 g/mol. The molecule has 0 atom stereocenters. The molecule has 160 valence electrons. The van der Waals surface area contributed by atoms with Crippen LogP contribution in [0.25, 0.3) is 0 Å². The number of halogens is 1. The van der Waals surface area contributed by atoms with E-state index in [-0.39, 0.29) is 29.9 Å². The Morgan fingerprint density at radius 2 is 1.42 bits per heavy atom. The summed E-state index contributed by atoms with van der Waals surface area (Å²) < 4.78 is 0. The predicted molar refractivity (Wildman–Crippen MR) is 113 cm³/mol. The van der Waals surface area contributed by atoms with Crippen LogP contribution in [0.1, 0.15) is 33.6 Å². The minimum Gasteiger partial charge on any atom is -0.368 e. The molecule has 1 fully saturated rings. The monoisotopic (exact) mass is 441 g/mol. The number of anilines is 1. The van der Waals surface area contributed by atoms with E-state index < -0.39 is 17.8 Å². The summed E-state index contributed by atoms with van der Waals surface area (Å²) in [6.07, 6.45) is -0.271. The van der Waals surface area contributed by atoms with Gasteiger partial charge in [-0.2, -0.15) is 0 Å². The Hall–Kier alpha value is -3.39. The van der Waals surface area contributed by atoms with Crippen molar-refractivity contribution in [3.05, 3.63) is 64.7 Å². The van der Waals surface area contributed by atoms with E-state index in [2.05, 4.69) is 4.90 Å². The molecule has 1 saturated heterocycles. The third-order valence-electron chi connectivity index (χ3n) is 5.32. The second-order valence-electron chi connectivity index (χ2n) is 7.26. The maximum atomic E-state index is 12.5. The van der Waals surface area contributed by atoms with Gasteiger partial charge >= 0.3 is 5.97 Å². The zero-order valence-corrected chi connectivity index (χ0v) is 17.4. The van der Waals surface area contributed by atoms with Gasteiger partial charge in [-0.3, -0.25) is 14.4 Å². The zero-order chi connectivity index (χ0) is 22.0. The molecular formula is C22H20ClN3O5. The van der Waals surface area contributed by atoms with E-state index >= 15 is 0 Å². The Morgan fingerprint density at radius 1 is 0.839 bits per heavy atom. The Morgan fingerprint density at radius 3 is 2.00 bits per heavy atom. The second kappa shape index (κ2) is 8.77. The number of rotatable bonds is 5. The first-order chi connectivity index (χ1) is 14.9. The molecule has 2 aromatic rings. The molecule has 0 saturated carbocycles. The van der Waals surface area contributed by atoms with Crippen molar-refractivity contribution >= 4 is 41.0 Å². The Kier molecular flexibility index (Phi) is 5.90. The summed E-state index contributed by atoms with van der Waals surface area (Å²) in [6.45, 7) is 2.42. The number of carbonyl (C=O) groups is 4. The van der Waals surface area contributed by atoms with Gasteiger partial charge in [0.15, 0.2) is 0 Å². The van der Waals surface area contributed by atoms with Crippen LogP contribution < -0.4 is 4.90 Å². The van der Waals surface area contributed by atoms with Gasteiger partial charge < -0.3 is 14.6 Å². The van der Waals surface area contributed by atoms with E-state index in [1.54, 1.807) is 17.0 Å². The summed E-state index contributed by atoms with van der Waals surface area (Å²) in [5.41, 5.74) is 1.42. The van der Waals surface area contributed by atoms with Crippen LogP contribution in [0.2, 0.25) is 5.02 Å². The SMILES string of the molecule is O=C(CCC(=O)N1CCN(c2ccc(Cl)cc2)CC1)ON1C(=O)c2ccccc2C1=O. The molecule has 9 heteroatoms.